The number of rotatable bonds is 0. The molecule has 5 heavy (non-hydrogen) atoms. The van der Waals surface area contributed by atoms with Crippen LogP contribution in [0.3, 0.4) is 0 Å². The average Bonchev–Trinajstić information content (AvgIpc) is 0. The van der Waals surface area contributed by atoms with Gasteiger partial charge in [-0.3, -0.25) is 0 Å². The Labute approximate surface area is 101 Å². The van der Waals surface area contributed by atoms with Crippen molar-refractivity contribution in [2.24, 2.45) is 0 Å². The van der Waals surface area contributed by atoms with Crippen LogP contribution >= 0.6 is 0 Å². The van der Waals surface area contributed by atoms with Crippen molar-refractivity contribution in [3.05, 3.63) is 0 Å². The molecule has 0 N–H and O–H groups in total. The van der Waals surface area contributed by atoms with Gasteiger partial charge in [0.1, 0.15) is 0 Å². The third kappa shape index (κ3) is 18.8. The molecule has 0 rings (SSSR count). The first-order chi connectivity index (χ1) is 0. The minimum absolute atomic E-state index is 0. The summed E-state index contributed by atoms with van der Waals surface area (Å²) in [5.41, 5.74) is 0. The molecule has 0 spiro atoms. The van der Waals surface area contributed by atoms with Crippen LogP contribution in [0.15, 0.2) is 0 Å². The van der Waals surface area contributed by atoms with E-state index in [9.17, 15) is 0 Å². The van der Waals surface area contributed by atoms with Crippen molar-refractivity contribution in [1.29, 1.82) is 0 Å². The molecule has 0 amide bonds. The van der Waals surface area contributed by atoms with Crippen molar-refractivity contribution in [3.63, 3.8) is 0 Å². The van der Waals surface area contributed by atoms with Crippen LogP contribution < -0.4 is 0 Å². The van der Waals surface area contributed by atoms with Crippen molar-refractivity contribution in [2.45, 2.75) is 0 Å². The Morgan fingerprint density at radius 3 is 0.400 bits per heavy atom. The monoisotopic (exact) mass is 470 g/mol. The Kier molecular flexibility index (Phi) is 216. The zero-order chi connectivity index (χ0) is 0. The van der Waals surface area contributed by atoms with E-state index in [0.717, 1.165) is 0 Å². The molecule has 0 atom stereocenters. The summed E-state index contributed by atoms with van der Waals surface area (Å²) in [5, 5.41) is 0. The first-order valence-corrected chi connectivity index (χ1v) is 0. The molecule has 0 aromatic rings. The van der Waals surface area contributed by atoms with E-state index in [1.807, 2.05) is 0 Å². The van der Waals surface area contributed by atoms with E-state index >= 15 is 0 Å². The summed E-state index contributed by atoms with van der Waals surface area (Å²) in [6, 6.07) is 0. The van der Waals surface area contributed by atoms with Gasteiger partial charge in [0.2, 0.25) is 0 Å². The summed E-state index contributed by atoms with van der Waals surface area (Å²) >= 11 is 0. The van der Waals surface area contributed by atoms with Gasteiger partial charge < -0.3 is 51.2 Å². The first-order valence-electron chi connectivity index (χ1n) is 0. The molecular formula is In2Se3. The van der Waals surface area contributed by atoms with E-state index in [2.05, 4.69) is 0 Å². The maximum atomic E-state index is 0. The summed E-state index contributed by atoms with van der Waals surface area (Å²) < 4.78 is 0. The Bertz CT molecular complexity index is 4.85. The molecule has 0 aliphatic rings. The fourth-order valence-electron chi connectivity index (χ4n) is 0. The van der Waals surface area contributed by atoms with E-state index in [4.69, 9.17) is 0 Å². The molecule has 0 saturated heterocycles. The van der Waals surface area contributed by atoms with Crippen LogP contribution in [0, 0.1) is 0 Å². The van der Waals surface area contributed by atoms with Crippen LogP contribution in [0.1, 0.15) is 0 Å². The second-order valence-electron chi connectivity index (χ2n) is 0. The van der Waals surface area contributed by atoms with Gasteiger partial charge in [0.25, 0.3) is 0 Å². The summed E-state index contributed by atoms with van der Waals surface area (Å²) in [7, 11) is 0. The zero-order valence-corrected chi connectivity index (χ0v) is 14.1. The molecule has 0 aliphatic heterocycles. The Morgan fingerprint density at radius 1 is 0.400 bits per heavy atom. The van der Waals surface area contributed by atoms with E-state index in [0.29, 0.717) is 0 Å². The minimum Gasteiger partial charge on any atom is -2.00 e. The van der Waals surface area contributed by atoms with Crippen molar-refractivity contribution < 1.29 is 0 Å². The van der Waals surface area contributed by atoms with E-state index in [-0.39, 0.29) is 103 Å². The predicted molar refractivity (Wildman–Crippen MR) is 28.8 cm³/mol. The van der Waals surface area contributed by atoms with Gasteiger partial charge in [-0.2, -0.15) is 0 Å². The Morgan fingerprint density at radius 2 is 0.400 bits per heavy atom. The summed E-state index contributed by atoms with van der Waals surface area (Å²) in [5.74, 6) is 0. The molecule has 0 saturated carbocycles. The molecule has 0 heterocycles. The molecule has 0 nitrogen and oxygen atoms in total. The van der Waals surface area contributed by atoms with Gasteiger partial charge in [-0.15, -0.1) is 0 Å². The van der Waals surface area contributed by atoms with Crippen LogP contribution in [-0.4, -0.2) is 103 Å². The SMILES string of the molecule is [In+3].[In+3].[Se-2].[Se-2].[Se-2]. The Balaban J connectivity index is 0. The second-order valence-corrected chi connectivity index (χ2v) is 0. The largest absolute Gasteiger partial charge is 3.00 e. The van der Waals surface area contributed by atoms with Gasteiger partial charge >= 0.3 is 51.7 Å². The van der Waals surface area contributed by atoms with Crippen molar-refractivity contribution in [3.8, 4) is 0 Å². The third-order valence-electron chi connectivity index (χ3n) is 0. The molecule has 0 fully saturated rings. The molecule has 0 aromatic carbocycles. The van der Waals surface area contributed by atoms with E-state index in [1.165, 1.54) is 0 Å². The van der Waals surface area contributed by atoms with Crippen LogP contribution in [0.4, 0.5) is 0 Å². The fourth-order valence-corrected chi connectivity index (χ4v) is 0. The van der Waals surface area contributed by atoms with E-state index in [1.54, 1.807) is 0 Å². The summed E-state index contributed by atoms with van der Waals surface area (Å²) in [6.45, 7) is 0. The predicted octanol–water partition coefficient (Wildman–Crippen LogP) is -1.90. The molecule has 0 radical (unpaired) electrons. The number of hydrogen-bond acceptors (Lipinski definition) is 0. The molecular weight excluding hydrogens is 467 g/mol. The zero-order valence-electron chi connectivity index (χ0n) is 2.38. The summed E-state index contributed by atoms with van der Waals surface area (Å²) in [4.78, 5) is 0. The van der Waals surface area contributed by atoms with E-state index < -0.39 is 0 Å². The maximum Gasteiger partial charge on any atom is 3.00 e. The normalized spacial score (nSPS) is 0. The first kappa shape index (κ1) is 40.6. The van der Waals surface area contributed by atoms with Crippen LogP contribution in [0.2, 0.25) is 0 Å². The smallest absolute Gasteiger partial charge is 2.00 e. The minimum atomic E-state index is 0. The summed E-state index contributed by atoms with van der Waals surface area (Å²) in [6.07, 6.45) is 0. The molecule has 0 aliphatic carbocycles. The van der Waals surface area contributed by atoms with Gasteiger partial charge in [-0.1, -0.05) is 0 Å². The van der Waals surface area contributed by atoms with Gasteiger partial charge in [0, 0.05) is 0 Å². The molecule has 5 heteroatoms. The Hall–Kier alpha value is 3.30. The van der Waals surface area contributed by atoms with Gasteiger partial charge in [0.05, 0.1) is 0 Å². The average molecular weight is 467 g/mol. The van der Waals surface area contributed by atoms with Gasteiger partial charge in [0.15, 0.2) is 0 Å². The van der Waals surface area contributed by atoms with Crippen LogP contribution in [-0.2, 0) is 0 Å². The number of hydrogen-bond donors (Lipinski definition) is 0. The van der Waals surface area contributed by atoms with Crippen LogP contribution in [0.25, 0.3) is 0 Å². The van der Waals surface area contributed by atoms with Gasteiger partial charge in [-0.25, -0.2) is 0 Å². The van der Waals surface area contributed by atoms with Crippen molar-refractivity contribution >= 4 is 103 Å². The van der Waals surface area contributed by atoms with Crippen molar-refractivity contribution in [2.75, 3.05) is 0 Å². The molecule has 0 aromatic heterocycles. The van der Waals surface area contributed by atoms with Crippen molar-refractivity contribution in [1.82, 2.24) is 0 Å². The van der Waals surface area contributed by atoms with Gasteiger partial charge in [-0.05, 0) is 0 Å². The fraction of sp³-hybridized carbons (Fsp3) is 0. The quantitative estimate of drug-likeness (QED) is 0.366. The van der Waals surface area contributed by atoms with Crippen LogP contribution in [0.5, 0.6) is 0 Å². The molecule has 0 unspecified atom stereocenters. The third-order valence-corrected chi connectivity index (χ3v) is 0. The topological polar surface area (TPSA) is 0 Å². The standard InChI is InChI=1S/2In.3Se/q2*+3;3*-2. The molecule has 0 bridgehead atoms. The molecule has 24 valence electrons. The maximum absolute atomic E-state index is 0. The second kappa shape index (κ2) is 26.6.